The number of nitrogens with zero attached hydrogens (tertiary/aromatic N) is 1. The molecule has 0 bridgehead atoms. The van der Waals surface area contributed by atoms with Crippen molar-refractivity contribution in [3.63, 3.8) is 0 Å². The summed E-state index contributed by atoms with van der Waals surface area (Å²) >= 11 is 0. The second-order valence-electron chi connectivity index (χ2n) is 4.51. The van der Waals surface area contributed by atoms with Crippen molar-refractivity contribution in [2.75, 3.05) is 26.2 Å². The number of carbonyl (C=O) groups is 2. The van der Waals surface area contributed by atoms with Gasteiger partial charge in [0.2, 0.25) is 11.8 Å². The van der Waals surface area contributed by atoms with Crippen LogP contribution in [0.4, 0.5) is 0 Å². The standard InChI is InChI=1S/C12H23N3O2/c1-3-6-13-12(17)9-14-11-4-7-15(8-5-11)10(2)16/h11,14H,3-9H2,1-2H3,(H,13,17). The Kier molecular flexibility index (Phi) is 5.97. The third-order valence-corrected chi connectivity index (χ3v) is 3.06. The maximum atomic E-state index is 11.4. The zero-order chi connectivity index (χ0) is 12.7. The van der Waals surface area contributed by atoms with E-state index in [1.807, 2.05) is 11.8 Å². The van der Waals surface area contributed by atoms with Gasteiger partial charge in [0, 0.05) is 32.6 Å². The minimum absolute atomic E-state index is 0.0563. The molecule has 0 saturated carbocycles. The van der Waals surface area contributed by atoms with Gasteiger partial charge in [-0.1, -0.05) is 6.92 Å². The Morgan fingerprint density at radius 1 is 1.29 bits per heavy atom. The van der Waals surface area contributed by atoms with Crippen LogP contribution in [-0.4, -0.2) is 48.9 Å². The van der Waals surface area contributed by atoms with E-state index in [1.165, 1.54) is 0 Å². The number of nitrogens with one attached hydrogen (secondary N) is 2. The summed E-state index contributed by atoms with van der Waals surface area (Å²) in [5.74, 6) is 0.199. The maximum absolute atomic E-state index is 11.4. The smallest absolute Gasteiger partial charge is 0.233 e. The van der Waals surface area contributed by atoms with E-state index in [-0.39, 0.29) is 11.8 Å². The molecule has 0 aromatic heterocycles. The van der Waals surface area contributed by atoms with E-state index in [0.717, 1.165) is 38.9 Å². The van der Waals surface area contributed by atoms with Crippen molar-refractivity contribution in [2.24, 2.45) is 0 Å². The molecular weight excluding hydrogens is 218 g/mol. The fourth-order valence-corrected chi connectivity index (χ4v) is 1.96. The molecule has 1 saturated heterocycles. The molecule has 1 heterocycles. The van der Waals surface area contributed by atoms with E-state index in [4.69, 9.17) is 0 Å². The molecule has 1 rings (SSSR count). The molecule has 5 nitrogen and oxygen atoms in total. The summed E-state index contributed by atoms with van der Waals surface area (Å²) in [5, 5.41) is 6.07. The lowest BCUT2D eigenvalue weighted by molar-refractivity contribution is -0.130. The highest BCUT2D eigenvalue weighted by molar-refractivity contribution is 5.78. The molecule has 1 aliphatic rings. The van der Waals surface area contributed by atoms with Crippen LogP contribution in [0, 0.1) is 0 Å². The first kappa shape index (κ1) is 14.0. The largest absolute Gasteiger partial charge is 0.355 e. The molecule has 5 heteroatoms. The average molecular weight is 241 g/mol. The lowest BCUT2D eigenvalue weighted by Gasteiger charge is -2.31. The average Bonchev–Trinajstić information content (AvgIpc) is 2.34. The van der Waals surface area contributed by atoms with E-state index < -0.39 is 0 Å². The van der Waals surface area contributed by atoms with Crippen LogP contribution in [0.3, 0.4) is 0 Å². The van der Waals surface area contributed by atoms with Gasteiger partial charge >= 0.3 is 0 Å². The first-order valence-electron chi connectivity index (χ1n) is 6.39. The zero-order valence-corrected chi connectivity index (χ0v) is 10.8. The van der Waals surface area contributed by atoms with Gasteiger partial charge in [0.05, 0.1) is 6.54 Å². The molecule has 2 amide bonds. The second kappa shape index (κ2) is 7.27. The lowest BCUT2D eigenvalue weighted by Crippen LogP contribution is -2.46. The summed E-state index contributed by atoms with van der Waals surface area (Å²) in [5.41, 5.74) is 0. The molecule has 0 atom stereocenters. The van der Waals surface area contributed by atoms with E-state index in [9.17, 15) is 9.59 Å². The van der Waals surface area contributed by atoms with Crippen LogP contribution in [0.2, 0.25) is 0 Å². The van der Waals surface area contributed by atoms with Gasteiger partial charge in [-0.05, 0) is 19.3 Å². The summed E-state index contributed by atoms with van der Waals surface area (Å²) in [6.07, 6.45) is 2.82. The highest BCUT2D eigenvalue weighted by atomic mass is 16.2. The third-order valence-electron chi connectivity index (χ3n) is 3.06. The molecule has 17 heavy (non-hydrogen) atoms. The minimum atomic E-state index is 0.0563. The number of piperidine rings is 1. The third kappa shape index (κ3) is 5.17. The van der Waals surface area contributed by atoms with Gasteiger partial charge in [0.25, 0.3) is 0 Å². The van der Waals surface area contributed by atoms with E-state index in [2.05, 4.69) is 10.6 Å². The number of hydrogen-bond donors (Lipinski definition) is 2. The summed E-state index contributed by atoms with van der Waals surface area (Å²) in [7, 11) is 0. The Labute approximate surface area is 103 Å². The highest BCUT2D eigenvalue weighted by Gasteiger charge is 2.20. The minimum Gasteiger partial charge on any atom is -0.355 e. The molecule has 0 aliphatic carbocycles. The first-order chi connectivity index (χ1) is 8.13. The van der Waals surface area contributed by atoms with Crippen LogP contribution in [0.1, 0.15) is 33.1 Å². The van der Waals surface area contributed by atoms with Crippen LogP contribution in [0.25, 0.3) is 0 Å². The van der Waals surface area contributed by atoms with Gasteiger partial charge in [0.15, 0.2) is 0 Å². The Bertz CT molecular complexity index is 260. The maximum Gasteiger partial charge on any atom is 0.233 e. The van der Waals surface area contributed by atoms with Crippen LogP contribution < -0.4 is 10.6 Å². The van der Waals surface area contributed by atoms with E-state index in [0.29, 0.717) is 12.6 Å². The van der Waals surface area contributed by atoms with Crippen LogP contribution >= 0.6 is 0 Å². The fraction of sp³-hybridized carbons (Fsp3) is 0.833. The summed E-state index contributed by atoms with van der Waals surface area (Å²) in [6, 6.07) is 0.359. The highest BCUT2D eigenvalue weighted by Crippen LogP contribution is 2.09. The van der Waals surface area contributed by atoms with E-state index >= 15 is 0 Å². The summed E-state index contributed by atoms with van der Waals surface area (Å²) in [4.78, 5) is 24.4. The van der Waals surface area contributed by atoms with Gasteiger partial charge in [-0.15, -0.1) is 0 Å². The normalized spacial score (nSPS) is 16.9. The number of carbonyl (C=O) groups excluding carboxylic acids is 2. The van der Waals surface area contributed by atoms with Crippen molar-refractivity contribution in [3.8, 4) is 0 Å². The van der Waals surface area contributed by atoms with Gasteiger partial charge < -0.3 is 15.5 Å². The number of amides is 2. The Morgan fingerprint density at radius 3 is 2.47 bits per heavy atom. The van der Waals surface area contributed by atoms with E-state index in [1.54, 1.807) is 6.92 Å². The predicted octanol–water partition coefficient (Wildman–Crippen LogP) is 0.113. The van der Waals surface area contributed by atoms with Gasteiger partial charge in [-0.2, -0.15) is 0 Å². The zero-order valence-electron chi connectivity index (χ0n) is 10.8. The van der Waals surface area contributed by atoms with Crippen molar-refractivity contribution in [2.45, 2.75) is 39.2 Å². The Balaban J connectivity index is 2.14. The van der Waals surface area contributed by atoms with Crippen molar-refractivity contribution in [1.82, 2.24) is 15.5 Å². The summed E-state index contributed by atoms with van der Waals surface area (Å²) < 4.78 is 0. The lowest BCUT2D eigenvalue weighted by atomic mass is 10.1. The van der Waals surface area contributed by atoms with Crippen molar-refractivity contribution >= 4 is 11.8 Å². The second-order valence-corrected chi connectivity index (χ2v) is 4.51. The number of likely N-dealkylation sites (tertiary alicyclic amines) is 1. The van der Waals surface area contributed by atoms with Crippen LogP contribution in [0.5, 0.6) is 0 Å². The molecule has 1 aliphatic heterocycles. The number of rotatable bonds is 5. The van der Waals surface area contributed by atoms with Crippen LogP contribution in [-0.2, 0) is 9.59 Å². The predicted molar refractivity (Wildman–Crippen MR) is 66.6 cm³/mol. The monoisotopic (exact) mass is 241 g/mol. The topological polar surface area (TPSA) is 61.4 Å². The quantitative estimate of drug-likeness (QED) is 0.718. The summed E-state index contributed by atoms with van der Waals surface area (Å²) in [6.45, 7) is 6.35. The molecule has 0 unspecified atom stereocenters. The van der Waals surface area contributed by atoms with Gasteiger partial charge in [0.1, 0.15) is 0 Å². The molecule has 0 aromatic carbocycles. The number of hydrogen-bond acceptors (Lipinski definition) is 3. The molecule has 0 aromatic rings. The molecule has 2 N–H and O–H groups in total. The van der Waals surface area contributed by atoms with Gasteiger partial charge in [-0.25, -0.2) is 0 Å². The van der Waals surface area contributed by atoms with Crippen molar-refractivity contribution in [1.29, 1.82) is 0 Å². The Hall–Kier alpha value is -1.10. The molecule has 98 valence electrons. The van der Waals surface area contributed by atoms with Crippen molar-refractivity contribution in [3.05, 3.63) is 0 Å². The van der Waals surface area contributed by atoms with Gasteiger partial charge in [-0.3, -0.25) is 9.59 Å². The SMILES string of the molecule is CCCNC(=O)CNC1CCN(C(C)=O)CC1. The first-order valence-corrected chi connectivity index (χ1v) is 6.39. The molecule has 0 spiro atoms. The molecule has 1 fully saturated rings. The molecular formula is C12H23N3O2. The fourth-order valence-electron chi connectivity index (χ4n) is 1.96. The van der Waals surface area contributed by atoms with Crippen molar-refractivity contribution < 1.29 is 9.59 Å². The molecule has 0 radical (unpaired) electrons. The van der Waals surface area contributed by atoms with Crippen LogP contribution in [0.15, 0.2) is 0 Å². The Morgan fingerprint density at radius 2 is 1.94 bits per heavy atom.